The van der Waals surface area contributed by atoms with Gasteiger partial charge in [-0.15, -0.1) is 0 Å². The standard InChI is InChI=1S/C22H26O7/c1-12-9-15(20(24)27-3)18-14(19(23)26-2)5-4-6-16(18)22(12)10-17(29-21(22)25)13-7-8-28-11-13/h5,7-8,11-12,15-18H,4,6,9-10H2,1-3H3/t12-,15+,16-,17-,18+,22-/m1/s1. The highest BCUT2D eigenvalue weighted by Gasteiger charge is 2.65. The summed E-state index contributed by atoms with van der Waals surface area (Å²) in [5.41, 5.74) is 0.545. The van der Waals surface area contributed by atoms with Crippen LogP contribution in [0.2, 0.25) is 0 Å². The lowest BCUT2D eigenvalue weighted by Gasteiger charge is -2.51. The molecule has 7 nitrogen and oxygen atoms in total. The van der Waals surface area contributed by atoms with Gasteiger partial charge in [0.25, 0.3) is 0 Å². The first-order chi connectivity index (χ1) is 13.9. The molecule has 0 bridgehead atoms. The van der Waals surface area contributed by atoms with Gasteiger partial charge in [0.15, 0.2) is 0 Å². The van der Waals surface area contributed by atoms with Crippen molar-refractivity contribution >= 4 is 17.9 Å². The van der Waals surface area contributed by atoms with Crippen molar-refractivity contribution in [1.29, 1.82) is 0 Å². The van der Waals surface area contributed by atoms with Gasteiger partial charge in [0.05, 0.1) is 38.1 Å². The molecular weight excluding hydrogens is 376 g/mol. The van der Waals surface area contributed by atoms with Gasteiger partial charge < -0.3 is 18.6 Å². The third kappa shape index (κ3) is 2.90. The number of methoxy groups -OCH3 is 2. The minimum Gasteiger partial charge on any atom is -0.472 e. The van der Waals surface area contributed by atoms with E-state index >= 15 is 0 Å². The second-order valence-electron chi connectivity index (χ2n) is 8.32. The predicted molar refractivity (Wildman–Crippen MR) is 100 cm³/mol. The van der Waals surface area contributed by atoms with Gasteiger partial charge in [-0.2, -0.15) is 0 Å². The maximum atomic E-state index is 13.3. The van der Waals surface area contributed by atoms with Crippen molar-refractivity contribution in [1.82, 2.24) is 0 Å². The number of allylic oxidation sites excluding steroid dienone is 1. The highest BCUT2D eigenvalue weighted by Crippen LogP contribution is 2.62. The lowest BCUT2D eigenvalue weighted by atomic mass is 9.49. The molecule has 1 spiro atoms. The SMILES string of the molecule is COC(=O)C1=CCC[C@@H]2[C@@H]1[C@@H](C(=O)OC)C[C@@H](C)[C@]21C[C@H](c2ccoc2)OC1=O. The van der Waals surface area contributed by atoms with Crippen LogP contribution in [-0.2, 0) is 28.6 Å². The Morgan fingerprint density at radius 3 is 2.69 bits per heavy atom. The molecule has 1 aromatic rings. The van der Waals surface area contributed by atoms with Gasteiger partial charge in [-0.1, -0.05) is 13.0 Å². The van der Waals surface area contributed by atoms with Crippen molar-refractivity contribution in [2.24, 2.45) is 29.1 Å². The van der Waals surface area contributed by atoms with Gasteiger partial charge in [-0.3, -0.25) is 9.59 Å². The first-order valence-electron chi connectivity index (χ1n) is 10.0. The van der Waals surface area contributed by atoms with Crippen LogP contribution in [-0.4, -0.2) is 32.1 Å². The molecule has 29 heavy (non-hydrogen) atoms. The van der Waals surface area contributed by atoms with E-state index in [-0.39, 0.29) is 29.9 Å². The van der Waals surface area contributed by atoms with Crippen molar-refractivity contribution < 1.29 is 33.0 Å². The Bertz CT molecular complexity index is 839. The van der Waals surface area contributed by atoms with E-state index in [1.54, 1.807) is 18.6 Å². The van der Waals surface area contributed by atoms with Crippen molar-refractivity contribution in [3.63, 3.8) is 0 Å². The van der Waals surface area contributed by atoms with E-state index in [4.69, 9.17) is 18.6 Å². The maximum absolute atomic E-state index is 13.3. The van der Waals surface area contributed by atoms with Crippen molar-refractivity contribution in [3.05, 3.63) is 35.8 Å². The Balaban J connectivity index is 1.77. The number of fused-ring (bicyclic) bond motifs is 2. The van der Waals surface area contributed by atoms with E-state index in [0.29, 0.717) is 31.3 Å². The van der Waals surface area contributed by atoms with E-state index in [9.17, 15) is 14.4 Å². The van der Waals surface area contributed by atoms with Crippen LogP contribution in [0.15, 0.2) is 34.7 Å². The molecule has 0 radical (unpaired) electrons. The molecule has 6 atom stereocenters. The molecule has 0 amide bonds. The summed E-state index contributed by atoms with van der Waals surface area (Å²) in [5.74, 6) is -2.24. The molecule has 2 heterocycles. The minimum atomic E-state index is -0.759. The summed E-state index contributed by atoms with van der Waals surface area (Å²) in [6, 6.07) is 1.81. The molecule has 1 aromatic heterocycles. The number of carbonyl (C=O) groups excluding carboxylic acids is 3. The lowest BCUT2D eigenvalue weighted by Crippen LogP contribution is -2.54. The predicted octanol–water partition coefficient (Wildman–Crippen LogP) is 3.21. The Morgan fingerprint density at radius 2 is 2.03 bits per heavy atom. The molecule has 2 fully saturated rings. The molecule has 0 aromatic carbocycles. The second kappa shape index (κ2) is 7.35. The van der Waals surface area contributed by atoms with Gasteiger partial charge in [0.1, 0.15) is 6.10 Å². The summed E-state index contributed by atoms with van der Waals surface area (Å²) < 4.78 is 21.0. The zero-order valence-corrected chi connectivity index (χ0v) is 16.9. The van der Waals surface area contributed by atoms with E-state index in [0.717, 1.165) is 5.56 Å². The van der Waals surface area contributed by atoms with E-state index in [2.05, 4.69) is 0 Å². The van der Waals surface area contributed by atoms with Crippen molar-refractivity contribution in [2.75, 3.05) is 14.2 Å². The van der Waals surface area contributed by atoms with Crippen LogP contribution in [0.3, 0.4) is 0 Å². The van der Waals surface area contributed by atoms with Crippen LogP contribution in [0.1, 0.15) is 44.3 Å². The molecule has 1 aliphatic heterocycles. The van der Waals surface area contributed by atoms with Crippen LogP contribution in [0.25, 0.3) is 0 Å². The van der Waals surface area contributed by atoms with E-state index in [1.807, 2.05) is 13.0 Å². The molecule has 3 aliphatic rings. The Morgan fingerprint density at radius 1 is 1.24 bits per heavy atom. The van der Waals surface area contributed by atoms with E-state index < -0.39 is 23.2 Å². The van der Waals surface area contributed by atoms with Gasteiger partial charge in [0.2, 0.25) is 0 Å². The number of cyclic esters (lactones) is 1. The summed E-state index contributed by atoms with van der Waals surface area (Å²) in [6.07, 6.45) is 6.94. The average molecular weight is 402 g/mol. The third-order valence-electron chi connectivity index (χ3n) is 7.21. The minimum absolute atomic E-state index is 0.0887. The zero-order valence-electron chi connectivity index (χ0n) is 16.9. The topological polar surface area (TPSA) is 92.0 Å². The van der Waals surface area contributed by atoms with Gasteiger partial charge >= 0.3 is 17.9 Å². The molecule has 0 N–H and O–H groups in total. The van der Waals surface area contributed by atoms with Crippen LogP contribution >= 0.6 is 0 Å². The molecule has 2 aliphatic carbocycles. The summed E-state index contributed by atoms with van der Waals surface area (Å²) in [7, 11) is 2.69. The monoisotopic (exact) mass is 402 g/mol. The fourth-order valence-electron chi connectivity index (χ4n) is 5.88. The molecule has 1 saturated carbocycles. The molecule has 7 heteroatoms. The average Bonchev–Trinajstić information content (AvgIpc) is 3.38. The normalized spacial score (nSPS) is 36.2. The highest BCUT2D eigenvalue weighted by molar-refractivity contribution is 5.91. The number of esters is 3. The van der Waals surface area contributed by atoms with Gasteiger partial charge in [-0.25, -0.2) is 4.79 Å². The second-order valence-corrected chi connectivity index (χ2v) is 8.32. The molecular formula is C22H26O7. The van der Waals surface area contributed by atoms with Crippen LogP contribution < -0.4 is 0 Å². The summed E-state index contributed by atoms with van der Waals surface area (Å²) in [6.45, 7) is 2.00. The Labute approximate surface area is 169 Å². The highest BCUT2D eigenvalue weighted by atomic mass is 16.6. The fraction of sp³-hybridized carbons (Fsp3) is 0.591. The third-order valence-corrected chi connectivity index (χ3v) is 7.21. The number of rotatable bonds is 3. The number of furan rings is 1. The Kier molecular flexibility index (Phi) is 5.00. The molecule has 0 unspecified atom stereocenters. The maximum Gasteiger partial charge on any atom is 0.333 e. The van der Waals surface area contributed by atoms with Crippen molar-refractivity contribution in [2.45, 2.75) is 38.7 Å². The number of ether oxygens (including phenoxy) is 3. The summed E-state index contributed by atoms with van der Waals surface area (Å²) in [5, 5.41) is 0. The van der Waals surface area contributed by atoms with Crippen molar-refractivity contribution in [3.8, 4) is 0 Å². The van der Waals surface area contributed by atoms with Crippen LogP contribution in [0.4, 0.5) is 0 Å². The molecule has 4 rings (SSSR count). The number of carbonyl (C=O) groups is 3. The Hall–Kier alpha value is -2.57. The smallest absolute Gasteiger partial charge is 0.333 e. The van der Waals surface area contributed by atoms with Crippen LogP contribution in [0, 0.1) is 29.1 Å². The first-order valence-corrected chi connectivity index (χ1v) is 10.0. The fourth-order valence-corrected chi connectivity index (χ4v) is 5.88. The first kappa shape index (κ1) is 19.7. The number of hydrogen-bond acceptors (Lipinski definition) is 7. The quantitative estimate of drug-likeness (QED) is 0.566. The van der Waals surface area contributed by atoms with Gasteiger partial charge in [-0.05, 0) is 37.2 Å². The number of hydrogen-bond donors (Lipinski definition) is 0. The zero-order chi connectivity index (χ0) is 20.8. The summed E-state index contributed by atoms with van der Waals surface area (Å²) in [4.78, 5) is 38.5. The summed E-state index contributed by atoms with van der Waals surface area (Å²) >= 11 is 0. The lowest BCUT2D eigenvalue weighted by molar-refractivity contribution is -0.168. The molecule has 156 valence electrons. The molecule has 1 saturated heterocycles. The largest absolute Gasteiger partial charge is 0.472 e. The van der Waals surface area contributed by atoms with E-state index in [1.165, 1.54) is 14.2 Å². The van der Waals surface area contributed by atoms with Gasteiger partial charge in [0, 0.05) is 23.5 Å². The van der Waals surface area contributed by atoms with Crippen LogP contribution in [0.5, 0.6) is 0 Å².